The van der Waals surface area contributed by atoms with E-state index in [-0.39, 0.29) is 0 Å². The maximum Gasteiger partial charge on any atom is 0.000750 e. The predicted octanol–water partition coefficient (Wildman–Crippen LogP) is 5.25. The third-order valence-corrected chi connectivity index (χ3v) is 4.34. The number of unbranched alkanes of at least 4 members (excludes halogenated alkanes) is 9. The molecule has 1 heteroatoms. The lowest BCUT2D eigenvalue weighted by Gasteiger charge is -2.14. The summed E-state index contributed by atoms with van der Waals surface area (Å²) in [7, 11) is 0. The van der Waals surface area contributed by atoms with Crippen LogP contribution in [0.3, 0.4) is 0 Å². The monoisotopic (exact) mass is 253 g/mol. The highest BCUT2D eigenvalue weighted by Crippen LogP contribution is 2.16. The van der Waals surface area contributed by atoms with Gasteiger partial charge < -0.3 is 4.90 Å². The van der Waals surface area contributed by atoms with Crippen molar-refractivity contribution in [2.75, 3.05) is 19.6 Å². The maximum atomic E-state index is 2.66. The highest BCUT2D eigenvalue weighted by atomic mass is 15.1. The Morgan fingerprint density at radius 2 is 1.39 bits per heavy atom. The van der Waals surface area contributed by atoms with Crippen molar-refractivity contribution >= 4 is 0 Å². The minimum atomic E-state index is 0.952. The molecule has 1 heterocycles. The van der Waals surface area contributed by atoms with Crippen molar-refractivity contribution in [3.63, 3.8) is 0 Å². The zero-order chi connectivity index (χ0) is 13.1. The number of likely N-dealkylation sites (tertiary alicyclic amines) is 1. The van der Waals surface area contributed by atoms with Gasteiger partial charge in [-0.25, -0.2) is 0 Å². The minimum Gasteiger partial charge on any atom is -0.303 e. The Labute approximate surface area is 115 Å². The normalized spacial score (nSPS) is 20.7. The van der Waals surface area contributed by atoms with E-state index >= 15 is 0 Å². The summed E-state index contributed by atoms with van der Waals surface area (Å²) in [6.07, 6.45) is 16.0. The molecule has 108 valence electrons. The molecule has 1 unspecified atom stereocenters. The lowest BCUT2D eigenvalue weighted by molar-refractivity contribution is 0.317. The summed E-state index contributed by atoms with van der Waals surface area (Å²) >= 11 is 0. The smallest absolute Gasteiger partial charge is 0.000750 e. The summed E-state index contributed by atoms with van der Waals surface area (Å²) in [5.41, 5.74) is 0. The first-order chi connectivity index (χ1) is 8.83. The molecule has 18 heavy (non-hydrogen) atoms. The zero-order valence-corrected chi connectivity index (χ0v) is 12.9. The van der Waals surface area contributed by atoms with Gasteiger partial charge in [0.2, 0.25) is 0 Å². The van der Waals surface area contributed by atoms with Crippen LogP contribution < -0.4 is 0 Å². The van der Waals surface area contributed by atoms with Gasteiger partial charge in [-0.3, -0.25) is 0 Å². The molecule has 0 aromatic heterocycles. The molecule has 1 rings (SSSR count). The summed E-state index contributed by atoms with van der Waals surface area (Å²) in [5, 5.41) is 0. The molecule has 0 saturated carbocycles. The highest BCUT2D eigenvalue weighted by Gasteiger charge is 2.17. The SMILES string of the molecule is CCCCCCCCCCCCN1CCC(C)C1. The summed E-state index contributed by atoms with van der Waals surface area (Å²) < 4.78 is 0. The van der Waals surface area contributed by atoms with Gasteiger partial charge in [-0.2, -0.15) is 0 Å². The van der Waals surface area contributed by atoms with E-state index in [1.807, 2.05) is 0 Å². The van der Waals surface area contributed by atoms with E-state index in [1.54, 1.807) is 0 Å². The van der Waals surface area contributed by atoms with E-state index in [1.165, 1.54) is 90.3 Å². The van der Waals surface area contributed by atoms with Gasteiger partial charge in [0.15, 0.2) is 0 Å². The third-order valence-electron chi connectivity index (χ3n) is 4.34. The molecule has 0 aliphatic carbocycles. The Balaban J connectivity index is 1.73. The molecule has 1 nitrogen and oxygen atoms in total. The van der Waals surface area contributed by atoms with Gasteiger partial charge >= 0.3 is 0 Å². The van der Waals surface area contributed by atoms with Crippen LogP contribution in [0.25, 0.3) is 0 Å². The van der Waals surface area contributed by atoms with Gasteiger partial charge in [-0.05, 0) is 31.8 Å². The van der Waals surface area contributed by atoms with Crippen molar-refractivity contribution in [2.45, 2.75) is 84.5 Å². The Morgan fingerprint density at radius 1 is 0.833 bits per heavy atom. The van der Waals surface area contributed by atoms with Gasteiger partial charge in [-0.1, -0.05) is 71.6 Å². The first-order valence-corrected chi connectivity index (χ1v) is 8.55. The molecule has 0 spiro atoms. The Bertz CT molecular complexity index is 178. The molecule has 1 saturated heterocycles. The van der Waals surface area contributed by atoms with Crippen molar-refractivity contribution < 1.29 is 0 Å². The molecule has 0 amide bonds. The molecule has 0 radical (unpaired) electrons. The second-order valence-corrected chi connectivity index (χ2v) is 6.38. The number of hydrogen-bond acceptors (Lipinski definition) is 1. The topological polar surface area (TPSA) is 3.24 Å². The van der Waals surface area contributed by atoms with Crippen molar-refractivity contribution in [3.05, 3.63) is 0 Å². The summed E-state index contributed by atoms with van der Waals surface area (Å²) in [4.78, 5) is 2.66. The average Bonchev–Trinajstić information content (AvgIpc) is 2.77. The number of nitrogens with zero attached hydrogens (tertiary/aromatic N) is 1. The van der Waals surface area contributed by atoms with Crippen LogP contribution in [-0.4, -0.2) is 24.5 Å². The van der Waals surface area contributed by atoms with Gasteiger partial charge in [0.25, 0.3) is 0 Å². The molecule has 0 aromatic carbocycles. The van der Waals surface area contributed by atoms with Gasteiger partial charge in [-0.15, -0.1) is 0 Å². The van der Waals surface area contributed by atoms with Gasteiger partial charge in [0.05, 0.1) is 0 Å². The van der Waals surface area contributed by atoms with Gasteiger partial charge in [0.1, 0.15) is 0 Å². The molecule has 1 fully saturated rings. The molecular formula is C17H35N. The molecule has 1 aliphatic heterocycles. The fourth-order valence-corrected chi connectivity index (χ4v) is 3.05. The average molecular weight is 253 g/mol. The van der Waals surface area contributed by atoms with E-state index in [9.17, 15) is 0 Å². The standard InChI is InChI=1S/C17H35N/c1-3-4-5-6-7-8-9-10-11-12-14-18-15-13-17(2)16-18/h17H,3-16H2,1-2H3. The number of rotatable bonds is 11. The lowest BCUT2D eigenvalue weighted by Crippen LogP contribution is -2.21. The van der Waals surface area contributed by atoms with Crippen molar-refractivity contribution in [1.82, 2.24) is 4.90 Å². The van der Waals surface area contributed by atoms with Crippen LogP contribution >= 0.6 is 0 Å². The van der Waals surface area contributed by atoms with Crippen LogP contribution in [0.4, 0.5) is 0 Å². The van der Waals surface area contributed by atoms with Crippen LogP contribution in [0.5, 0.6) is 0 Å². The molecule has 0 bridgehead atoms. The van der Waals surface area contributed by atoms with Crippen LogP contribution in [0.1, 0.15) is 84.5 Å². The molecule has 1 aliphatic rings. The summed E-state index contributed by atoms with van der Waals surface area (Å²) in [6.45, 7) is 8.76. The number of hydrogen-bond donors (Lipinski definition) is 0. The molecular weight excluding hydrogens is 218 g/mol. The fraction of sp³-hybridized carbons (Fsp3) is 1.00. The maximum absolute atomic E-state index is 2.66. The van der Waals surface area contributed by atoms with Crippen LogP contribution in [-0.2, 0) is 0 Å². The second-order valence-electron chi connectivity index (χ2n) is 6.38. The lowest BCUT2D eigenvalue weighted by atomic mass is 10.1. The first-order valence-electron chi connectivity index (χ1n) is 8.55. The van der Waals surface area contributed by atoms with Crippen molar-refractivity contribution in [1.29, 1.82) is 0 Å². The largest absolute Gasteiger partial charge is 0.303 e. The molecule has 0 aromatic rings. The fourth-order valence-electron chi connectivity index (χ4n) is 3.05. The quantitative estimate of drug-likeness (QED) is 0.455. The van der Waals surface area contributed by atoms with Gasteiger partial charge in [0, 0.05) is 6.54 Å². The Kier molecular flexibility index (Phi) is 9.65. The highest BCUT2D eigenvalue weighted by molar-refractivity contribution is 4.71. The van der Waals surface area contributed by atoms with Crippen LogP contribution in [0.15, 0.2) is 0 Å². The minimum absolute atomic E-state index is 0.952. The van der Waals surface area contributed by atoms with Crippen LogP contribution in [0.2, 0.25) is 0 Å². The van der Waals surface area contributed by atoms with E-state index in [0.29, 0.717) is 0 Å². The molecule has 0 N–H and O–H groups in total. The van der Waals surface area contributed by atoms with Crippen molar-refractivity contribution in [2.24, 2.45) is 5.92 Å². The van der Waals surface area contributed by atoms with E-state index < -0.39 is 0 Å². The Hall–Kier alpha value is -0.0400. The van der Waals surface area contributed by atoms with E-state index in [0.717, 1.165) is 5.92 Å². The van der Waals surface area contributed by atoms with E-state index in [2.05, 4.69) is 18.7 Å². The zero-order valence-electron chi connectivity index (χ0n) is 12.9. The third kappa shape index (κ3) is 8.13. The first kappa shape index (κ1) is 16.0. The second kappa shape index (κ2) is 10.8. The molecule has 1 atom stereocenters. The summed E-state index contributed by atoms with van der Waals surface area (Å²) in [5.74, 6) is 0.952. The Morgan fingerprint density at radius 3 is 1.89 bits per heavy atom. The van der Waals surface area contributed by atoms with Crippen molar-refractivity contribution in [3.8, 4) is 0 Å². The summed E-state index contributed by atoms with van der Waals surface area (Å²) in [6, 6.07) is 0. The predicted molar refractivity (Wildman–Crippen MR) is 82.1 cm³/mol. The van der Waals surface area contributed by atoms with E-state index in [4.69, 9.17) is 0 Å². The van der Waals surface area contributed by atoms with Crippen LogP contribution in [0, 0.1) is 5.92 Å².